The fraction of sp³-hybridized carbons (Fsp3) is 0.385. The molecule has 0 spiro atoms. The van der Waals surface area contributed by atoms with Crippen molar-refractivity contribution in [2.24, 2.45) is 4.99 Å². The van der Waals surface area contributed by atoms with E-state index in [1.165, 1.54) is 6.08 Å². The lowest BCUT2D eigenvalue weighted by Gasteiger charge is -2.20. The molecule has 19 heavy (non-hydrogen) atoms. The van der Waals surface area contributed by atoms with Gasteiger partial charge in [0.25, 0.3) is 0 Å². The zero-order valence-electron chi connectivity index (χ0n) is 11.0. The summed E-state index contributed by atoms with van der Waals surface area (Å²) in [4.78, 5) is 25.0. The highest BCUT2D eigenvalue weighted by molar-refractivity contribution is 6.33. The van der Waals surface area contributed by atoms with E-state index in [4.69, 9.17) is 16.3 Å². The third-order valence-electron chi connectivity index (χ3n) is 2.00. The highest BCUT2D eigenvalue weighted by atomic mass is 35.5. The third-order valence-corrected chi connectivity index (χ3v) is 2.31. The van der Waals surface area contributed by atoms with Gasteiger partial charge in [-0.05, 0) is 38.5 Å². The van der Waals surface area contributed by atoms with Crippen molar-refractivity contribution in [3.05, 3.63) is 28.8 Å². The molecule has 1 aromatic rings. The van der Waals surface area contributed by atoms with Crippen LogP contribution in [0.2, 0.25) is 5.02 Å². The smallest absolute Gasteiger partial charge is 0.412 e. The van der Waals surface area contributed by atoms with E-state index in [0.29, 0.717) is 10.7 Å². The molecule has 0 saturated carbocycles. The van der Waals surface area contributed by atoms with Gasteiger partial charge in [0, 0.05) is 0 Å². The zero-order chi connectivity index (χ0) is 14.5. The molecule has 1 aromatic carbocycles. The van der Waals surface area contributed by atoms with E-state index in [-0.39, 0.29) is 6.54 Å². The van der Waals surface area contributed by atoms with Crippen LogP contribution in [0.5, 0.6) is 0 Å². The molecule has 0 aromatic heterocycles. The molecular weight excluding hydrogens is 268 g/mol. The summed E-state index contributed by atoms with van der Waals surface area (Å²) in [7, 11) is 0. The van der Waals surface area contributed by atoms with Crippen molar-refractivity contribution in [1.82, 2.24) is 0 Å². The molecule has 0 fully saturated rings. The van der Waals surface area contributed by atoms with Gasteiger partial charge in [-0.3, -0.25) is 5.32 Å². The molecule has 0 aliphatic rings. The van der Waals surface area contributed by atoms with E-state index >= 15 is 0 Å². The number of halogens is 1. The Morgan fingerprint density at radius 2 is 2.16 bits per heavy atom. The minimum atomic E-state index is -0.576. The maximum Gasteiger partial charge on any atom is 0.412 e. The van der Waals surface area contributed by atoms with Crippen LogP contribution in [0.25, 0.3) is 0 Å². The topological polar surface area (TPSA) is 67.8 Å². The monoisotopic (exact) mass is 282 g/mol. The summed E-state index contributed by atoms with van der Waals surface area (Å²) in [5.74, 6) is 0. The van der Waals surface area contributed by atoms with E-state index in [0.717, 1.165) is 5.56 Å². The Balaban J connectivity index is 2.74. The summed E-state index contributed by atoms with van der Waals surface area (Å²) < 4.78 is 5.11. The maximum absolute atomic E-state index is 11.6. The van der Waals surface area contributed by atoms with Crippen LogP contribution in [0, 0.1) is 0 Å². The molecule has 1 amide bonds. The number of amides is 1. The summed E-state index contributed by atoms with van der Waals surface area (Å²) in [6, 6.07) is 4.95. The number of carbonyl (C=O) groups is 1. The minimum absolute atomic E-state index is 0.204. The lowest BCUT2D eigenvalue weighted by Crippen LogP contribution is -2.27. The van der Waals surface area contributed by atoms with Crippen molar-refractivity contribution in [2.75, 3.05) is 5.32 Å². The van der Waals surface area contributed by atoms with Crippen molar-refractivity contribution in [1.29, 1.82) is 0 Å². The van der Waals surface area contributed by atoms with Crippen LogP contribution in [0.4, 0.5) is 10.5 Å². The Hall–Kier alpha value is -1.84. The average molecular weight is 283 g/mol. The summed E-state index contributed by atoms with van der Waals surface area (Å²) in [5, 5.41) is 2.90. The predicted molar refractivity (Wildman–Crippen MR) is 73.1 cm³/mol. The Morgan fingerprint density at radius 1 is 1.47 bits per heavy atom. The van der Waals surface area contributed by atoms with Gasteiger partial charge in [-0.2, -0.15) is 0 Å². The Kier molecular flexibility index (Phi) is 5.10. The van der Waals surface area contributed by atoms with Gasteiger partial charge in [0.1, 0.15) is 5.60 Å². The van der Waals surface area contributed by atoms with Crippen LogP contribution in [-0.4, -0.2) is 17.8 Å². The lowest BCUT2D eigenvalue weighted by atomic mass is 10.2. The van der Waals surface area contributed by atoms with Crippen LogP contribution in [0.3, 0.4) is 0 Å². The van der Waals surface area contributed by atoms with Gasteiger partial charge in [0.2, 0.25) is 6.08 Å². The normalized spacial score (nSPS) is 10.5. The third kappa shape index (κ3) is 5.55. The first-order valence-corrected chi connectivity index (χ1v) is 6.01. The van der Waals surface area contributed by atoms with Crippen LogP contribution >= 0.6 is 11.6 Å². The number of hydrogen-bond donors (Lipinski definition) is 1. The number of anilines is 1. The highest BCUT2D eigenvalue weighted by Crippen LogP contribution is 2.24. The van der Waals surface area contributed by atoms with Gasteiger partial charge in [0.15, 0.2) is 0 Å². The minimum Gasteiger partial charge on any atom is -0.444 e. The van der Waals surface area contributed by atoms with Crippen molar-refractivity contribution in [3.8, 4) is 0 Å². The van der Waals surface area contributed by atoms with Gasteiger partial charge in [-0.25, -0.2) is 14.6 Å². The molecule has 0 aliphatic carbocycles. The second kappa shape index (κ2) is 6.36. The number of nitrogens with zero attached hydrogens (tertiary/aromatic N) is 1. The van der Waals surface area contributed by atoms with E-state index in [1.807, 2.05) is 0 Å². The Bertz CT molecular complexity index is 517. The molecular formula is C13H15ClN2O3. The van der Waals surface area contributed by atoms with Crippen LogP contribution in [-0.2, 0) is 16.1 Å². The number of rotatable bonds is 3. The predicted octanol–water partition coefficient (Wildman–Crippen LogP) is 3.52. The van der Waals surface area contributed by atoms with E-state index in [1.54, 1.807) is 39.0 Å². The molecule has 0 radical (unpaired) electrons. The summed E-state index contributed by atoms with van der Waals surface area (Å²) in [6.07, 6.45) is 0.875. The number of benzene rings is 1. The number of hydrogen-bond acceptors (Lipinski definition) is 4. The van der Waals surface area contributed by atoms with E-state index in [9.17, 15) is 9.59 Å². The molecule has 1 N–H and O–H groups in total. The van der Waals surface area contributed by atoms with Gasteiger partial charge < -0.3 is 4.74 Å². The average Bonchev–Trinajstić information content (AvgIpc) is 2.27. The Morgan fingerprint density at radius 3 is 2.68 bits per heavy atom. The van der Waals surface area contributed by atoms with Crippen molar-refractivity contribution in [2.45, 2.75) is 32.9 Å². The first-order chi connectivity index (χ1) is 8.81. The van der Waals surface area contributed by atoms with Crippen molar-refractivity contribution in [3.63, 3.8) is 0 Å². The molecule has 0 saturated heterocycles. The van der Waals surface area contributed by atoms with Gasteiger partial charge in [-0.1, -0.05) is 17.7 Å². The first kappa shape index (κ1) is 15.2. The fourth-order valence-electron chi connectivity index (χ4n) is 1.30. The summed E-state index contributed by atoms with van der Waals surface area (Å²) in [6.45, 7) is 5.52. The molecule has 0 heterocycles. The fourth-order valence-corrected chi connectivity index (χ4v) is 1.55. The van der Waals surface area contributed by atoms with Gasteiger partial charge >= 0.3 is 6.09 Å². The second-order valence-electron chi connectivity index (χ2n) is 4.85. The van der Waals surface area contributed by atoms with E-state index in [2.05, 4.69) is 10.3 Å². The van der Waals surface area contributed by atoms with Gasteiger partial charge in [0.05, 0.1) is 17.3 Å². The Labute approximate surface area is 116 Å². The molecule has 0 aliphatic heterocycles. The van der Waals surface area contributed by atoms with Crippen molar-refractivity contribution >= 4 is 29.5 Å². The van der Waals surface area contributed by atoms with Crippen LogP contribution in [0.15, 0.2) is 23.2 Å². The molecule has 0 atom stereocenters. The summed E-state index contributed by atoms with van der Waals surface area (Å²) in [5.41, 5.74) is 0.618. The maximum atomic E-state index is 11.6. The second-order valence-corrected chi connectivity index (χ2v) is 5.26. The quantitative estimate of drug-likeness (QED) is 0.681. The lowest BCUT2D eigenvalue weighted by molar-refractivity contribution is 0.0636. The molecule has 5 nitrogen and oxygen atoms in total. The first-order valence-electron chi connectivity index (χ1n) is 5.64. The zero-order valence-corrected chi connectivity index (χ0v) is 11.7. The molecule has 102 valence electrons. The number of carbonyl (C=O) groups excluding carboxylic acids is 2. The molecule has 0 bridgehead atoms. The molecule has 1 rings (SSSR count). The van der Waals surface area contributed by atoms with Crippen LogP contribution < -0.4 is 5.32 Å². The van der Waals surface area contributed by atoms with Gasteiger partial charge in [-0.15, -0.1) is 0 Å². The van der Waals surface area contributed by atoms with Crippen molar-refractivity contribution < 1.29 is 14.3 Å². The van der Waals surface area contributed by atoms with Crippen LogP contribution in [0.1, 0.15) is 26.3 Å². The number of isocyanates is 1. The number of aliphatic imine (C=N–C) groups is 1. The SMILES string of the molecule is CC(C)(C)OC(=O)Nc1ccc(CN=C=O)cc1Cl. The number of nitrogens with one attached hydrogen (secondary N) is 1. The summed E-state index contributed by atoms with van der Waals surface area (Å²) >= 11 is 6.01. The highest BCUT2D eigenvalue weighted by Gasteiger charge is 2.17. The largest absolute Gasteiger partial charge is 0.444 e. The number of ether oxygens (including phenoxy) is 1. The standard InChI is InChI=1S/C13H15ClN2O3/c1-13(2,3)19-12(18)16-11-5-4-9(6-10(11)14)7-15-8-17/h4-6H,7H2,1-3H3,(H,16,18). The molecule has 0 unspecified atom stereocenters. The van der Waals surface area contributed by atoms with E-state index < -0.39 is 11.7 Å². The molecule has 6 heteroatoms.